The van der Waals surface area contributed by atoms with Crippen LogP contribution in [0.25, 0.3) is 0 Å². The molecule has 1 aromatic heterocycles. The van der Waals surface area contributed by atoms with Crippen LogP contribution in [-0.2, 0) is 19.4 Å². The van der Waals surface area contributed by atoms with E-state index in [0.29, 0.717) is 6.54 Å². The van der Waals surface area contributed by atoms with Gasteiger partial charge in [-0.25, -0.2) is 9.97 Å². The number of aromatic nitrogens is 2. The number of aryl methyl sites for hydroxylation is 1. The molecule has 0 unspecified atom stereocenters. The van der Waals surface area contributed by atoms with Gasteiger partial charge in [0.1, 0.15) is 11.6 Å². The lowest BCUT2D eigenvalue weighted by atomic mass is 10.2. The van der Waals surface area contributed by atoms with Gasteiger partial charge >= 0.3 is 0 Å². The first-order valence-electron chi connectivity index (χ1n) is 6.30. The van der Waals surface area contributed by atoms with Crippen molar-refractivity contribution in [1.82, 2.24) is 9.97 Å². The zero-order valence-electron chi connectivity index (χ0n) is 10.4. The van der Waals surface area contributed by atoms with Crippen LogP contribution in [0.15, 0.2) is 24.3 Å². The van der Waals surface area contributed by atoms with Crippen LogP contribution in [-0.4, -0.2) is 15.1 Å². The molecule has 3 rings (SSSR count). The molecule has 1 aliphatic carbocycles. The molecule has 0 amide bonds. The smallest absolute Gasteiger partial charge is 0.224 e. The second-order valence-electron chi connectivity index (χ2n) is 4.60. The van der Waals surface area contributed by atoms with Gasteiger partial charge in [0.05, 0.1) is 5.69 Å². The first-order chi connectivity index (χ1) is 9.24. The lowest BCUT2D eigenvalue weighted by Crippen LogP contribution is -2.06. The van der Waals surface area contributed by atoms with Crippen LogP contribution in [0.5, 0.6) is 5.75 Å². The van der Waals surface area contributed by atoms with E-state index in [9.17, 15) is 5.11 Å². The summed E-state index contributed by atoms with van der Waals surface area (Å²) in [7, 11) is 0. The maximum atomic E-state index is 9.74. The number of rotatable bonds is 3. The van der Waals surface area contributed by atoms with E-state index >= 15 is 0 Å². The average molecular weight is 276 g/mol. The van der Waals surface area contributed by atoms with Crippen molar-refractivity contribution in [3.8, 4) is 5.75 Å². The van der Waals surface area contributed by atoms with E-state index in [1.165, 1.54) is 0 Å². The van der Waals surface area contributed by atoms with Gasteiger partial charge in [0.25, 0.3) is 0 Å². The summed E-state index contributed by atoms with van der Waals surface area (Å²) in [5, 5.41) is 13.3. The summed E-state index contributed by atoms with van der Waals surface area (Å²) in [6, 6.07) is 7.26. The number of anilines is 1. The van der Waals surface area contributed by atoms with Crippen molar-refractivity contribution in [3.05, 3.63) is 46.4 Å². The zero-order chi connectivity index (χ0) is 13.2. The van der Waals surface area contributed by atoms with Gasteiger partial charge in [0.15, 0.2) is 0 Å². The molecule has 0 radical (unpaired) electrons. The first kappa shape index (κ1) is 12.2. The van der Waals surface area contributed by atoms with E-state index in [-0.39, 0.29) is 11.0 Å². The van der Waals surface area contributed by atoms with E-state index < -0.39 is 0 Å². The number of phenolic OH excluding ortho intramolecular Hbond substituents is 1. The van der Waals surface area contributed by atoms with Crippen LogP contribution < -0.4 is 5.32 Å². The fourth-order valence-corrected chi connectivity index (χ4v) is 2.57. The Labute approximate surface area is 116 Å². The number of halogens is 1. The minimum absolute atomic E-state index is 0.278. The molecule has 2 aromatic rings. The molecule has 0 saturated heterocycles. The van der Waals surface area contributed by atoms with Crippen LogP contribution in [0.3, 0.4) is 0 Å². The fraction of sp³-hybridized carbons (Fsp3) is 0.286. The molecule has 0 fully saturated rings. The van der Waals surface area contributed by atoms with E-state index in [1.807, 2.05) is 12.1 Å². The number of hydrogen-bond donors (Lipinski definition) is 2. The van der Waals surface area contributed by atoms with Crippen LogP contribution in [0.1, 0.15) is 23.2 Å². The van der Waals surface area contributed by atoms with Crippen LogP contribution >= 0.6 is 11.6 Å². The maximum absolute atomic E-state index is 9.74. The van der Waals surface area contributed by atoms with Gasteiger partial charge in [-0.05, 0) is 36.9 Å². The number of benzene rings is 1. The summed E-state index contributed by atoms with van der Waals surface area (Å²) in [5.74, 6) is 1.07. The van der Waals surface area contributed by atoms with Gasteiger partial charge in [-0.2, -0.15) is 0 Å². The number of para-hydroxylation sites is 1. The summed E-state index contributed by atoms with van der Waals surface area (Å²) in [4.78, 5) is 8.50. The third kappa shape index (κ3) is 2.49. The highest BCUT2D eigenvalue weighted by atomic mass is 35.5. The lowest BCUT2D eigenvalue weighted by molar-refractivity contribution is 0.469. The molecule has 0 aliphatic heterocycles. The number of nitrogens with one attached hydrogen (secondary N) is 1. The Morgan fingerprint density at radius 2 is 2.05 bits per heavy atom. The Bertz CT molecular complexity index is 616. The Morgan fingerprint density at radius 1 is 1.21 bits per heavy atom. The van der Waals surface area contributed by atoms with Gasteiger partial charge < -0.3 is 10.4 Å². The van der Waals surface area contributed by atoms with Crippen LogP contribution in [0.2, 0.25) is 5.28 Å². The predicted octanol–water partition coefficient (Wildman–Crippen LogP) is 2.94. The van der Waals surface area contributed by atoms with E-state index in [1.54, 1.807) is 12.1 Å². The van der Waals surface area contributed by atoms with Crippen molar-refractivity contribution in [2.24, 2.45) is 0 Å². The second-order valence-corrected chi connectivity index (χ2v) is 4.94. The molecule has 19 heavy (non-hydrogen) atoms. The highest BCUT2D eigenvalue weighted by molar-refractivity contribution is 6.28. The molecular formula is C14H14ClN3O. The maximum Gasteiger partial charge on any atom is 0.224 e. The number of aromatic hydroxyl groups is 1. The molecule has 0 atom stereocenters. The summed E-state index contributed by atoms with van der Waals surface area (Å²) in [5.41, 5.74) is 3.03. The van der Waals surface area contributed by atoms with Gasteiger partial charge in [0.2, 0.25) is 5.28 Å². The Morgan fingerprint density at radius 3 is 2.89 bits per heavy atom. The zero-order valence-corrected chi connectivity index (χ0v) is 11.1. The van der Waals surface area contributed by atoms with E-state index in [0.717, 1.165) is 41.9 Å². The van der Waals surface area contributed by atoms with Crippen LogP contribution in [0, 0.1) is 0 Å². The topological polar surface area (TPSA) is 58.0 Å². The molecule has 1 aliphatic rings. The van der Waals surface area contributed by atoms with Gasteiger partial charge in [-0.1, -0.05) is 18.2 Å². The van der Waals surface area contributed by atoms with Crippen molar-refractivity contribution < 1.29 is 5.11 Å². The van der Waals surface area contributed by atoms with Crippen molar-refractivity contribution in [2.75, 3.05) is 5.32 Å². The summed E-state index contributed by atoms with van der Waals surface area (Å²) in [6.07, 6.45) is 3.04. The molecule has 5 heteroatoms. The quantitative estimate of drug-likeness (QED) is 0.846. The Balaban J connectivity index is 1.83. The fourth-order valence-electron chi connectivity index (χ4n) is 2.39. The Kier molecular flexibility index (Phi) is 3.25. The lowest BCUT2D eigenvalue weighted by Gasteiger charge is -2.11. The molecule has 2 N–H and O–H groups in total. The summed E-state index contributed by atoms with van der Waals surface area (Å²) in [6.45, 7) is 0.520. The van der Waals surface area contributed by atoms with E-state index in [4.69, 9.17) is 11.6 Å². The van der Waals surface area contributed by atoms with Crippen molar-refractivity contribution in [1.29, 1.82) is 0 Å². The SMILES string of the molecule is Oc1ccccc1CNc1nc(Cl)nc2c1CCC2. The Hall–Kier alpha value is -1.81. The summed E-state index contributed by atoms with van der Waals surface area (Å²) < 4.78 is 0. The molecule has 98 valence electrons. The standard InChI is InChI=1S/C14H14ClN3O/c15-14-17-11-6-3-5-10(11)13(18-14)16-8-9-4-1-2-7-12(9)19/h1-2,4,7,19H,3,5-6,8H2,(H,16,17,18). The van der Waals surface area contributed by atoms with Crippen LogP contribution in [0.4, 0.5) is 5.82 Å². The highest BCUT2D eigenvalue weighted by Gasteiger charge is 2.18. The van der Waals surface area contributed by atoms with Crippen molar-refractivity contribution in [3.63, 3.8) is 0 Å². The monoisotopic (exact) mass is 275 g/mol. The van der Waals surface area contributed by atoms with Crippen molar-refractivity contribution >= 4 is 17.4 Å². The first-order valence-corrected chi connectivity index (χ1v) is 6.68. The minimum atomic E-state index is 0.278. The molecule has 1 aromatic carbocycles. The molecular weight excluding hydrogens is 262 g/mol. The summed E-state index contributed by atoms with van der Waals surface area (Å²) >= 11 is 5.93. The minimum Gasteiger partial charge on any atom is -0.508 e. The predicted molar refractivity (Wildman–Crippen MR) is 74.5 cm³/mol. The molecule has 4 nitrogen and oxygen atoms in total. The molecule has 0 bridgehead atoms. The average Bonchev–Trinajstić information content (AvgIpc) is 2.85. The number of hydrogen-bond acceptors (Lipinski definition) is 4. The molecule has 0 saturated carbocycles. The van der Waals surface area contributed by atoms with Gasteiger partial charge in [-0.3, -0.25) is 0 Å². The third-order valence-electron chi connectivity index (χ3n) is 3.34. The van der Waals surface area contributed by atoms with Gasteiger partial charge in [-0.15, -0.1) is 0 Å². The number of phenols is 1. The molecule has 0 spiro atoms. The third-order valence-corrected chi connectivity index (χ3v) is 3.51. The van der Waals surface area contributed by atoms with Crippen molar-refractivity contribution in [2.45, 2.75) is 25.8 Å². The normalized spacial score (nSPS) is 13.3. The number of nitrogens with zero attached hydrogens (tertiary/aromatic N) is 2. The number of fused-ring (bicyclic) bond motifs is 1. The van der Waals surface area contributed by atoms with E-state index in [2.05, 4.69) is 15.3 Å². The second kappa shape index (κ2) is 5.05. The molecule has 1 heterocycles. The van der Waals surface area contributed by atoms with Gasteiger partial charge in [0, 0.05) is 17.7 Å². The highest BCUT2D eigenvalue weighted by Crippen LogP contribution is 2.28. The largest absolute Gasteiger partial charge is 0.508 e.